The van der Waals surface area contributed by atoms with Crippen molar-refractivity contribution in [1.29, 1.82) is 0 Å². The molecule has 0 radical (unpaired) electrons. The molecule has 4 nitrogen and oxygen atoms in total. The molecule has 0 fully saturated rings. The molecule has 1 amide bonds. The molecular formula is C15H15N3OS. The van der Waals surface area contributed by atoms with Gasteiger partial charge in [0, 0.05) is 30.1 Å². The van der Waals surface area contributed by atoms with E-state index in [2.05, 4.69) is 10.3 Å². The molecule has 3 N–H and O–H groups in total. The summed E-state index contributed by atoms with van der Waals surface area (Å²) in [6, 6.07) is 10.8. The van der Waals surface area contributed by atoms with E-state index < -0.39 is 0 Å². The number of aromatic nitrogens is 1. The van der Waals surface area contributed by atoms with Crippen LogP contribution in [0.3, 0.4) is 0 Å². The summed E-state index contributed by atoms with van der Waals surface area (Å²) in [4.78, 5) is 16.3. The van der Waals surface area contributed by atoms with Crippen molar-refractivity contribution in [2.45, 2.75) is 6.42 Å². The van der Waals surface area contributed by atoms with Gasteiger partial charge in [-0.05, 0) is 30.2 Å². The SMILES string of the molecule is NC(=S)c1cccc(C(=O)NCCc2cccnc2)c1. The van der Waals surface area contributed by atoms with Crippen LogP contribution in [0.2, 0.25) is 0 Å². The molecule has 0 saturated carbocycles. The molecule has 0 aliphatic rings. The van der Waals surface area contributed by atoms with E-state index in [4.69, 9.17) is 18.0 Å². The molecule has 102 valence electrons. The Morgan fingerprint density at radius 2 is 2.05 bits per heavy atom. The van der Waals surface area contributed by atoms with Crippen LogP contribution in [0.4, 0.5) is 0 Å². The van der Waals surface area contributed by atoms with Crippen LogP contribution >= 0.6 is 12.2 Å². The lowest BCUT2D eigenvalue weighted by atomic mass is 10.1. The van der Waals surface area contributed by atoms with Crippen molar-refractivity contribution in [2.75, 3.05) is 6.54 Å². The third kappa shape index (κ3) is 3.86. The van der Waals surface area contributed by atoms with Gasteiger partial charge in [-0.25, -0.2) is 0 Å². The van der Waals surface area contributed by atoms with Crippen LogP contribution in [-0.4, -0.2) is 22.4 Å². The first-order chi connectivity index (χ1) is 9.66. The van der Waals surface area contributed by atoms with E-state index in [1.54, 1.807) is 36.7 Å². The number of hydrogen-bond acceptors (Lipinski definition) is 3. The van der Waals surface area contributed by atoms with E-state index in [1.165, 1.54) is 0 Å². The van der Waals surface area contributed by atoms with Gasteiger partial charge < -0.3 is 11.1 Å². The van der Waals surface area contributed by atoms with Gasteiger partial charge in [0.25, 0.3) is 5.91 Å². The van der Waals surface area contributed by atoms with Gasteiger partial charge in [-0.1, -0.05) is 30.4 Å². The third-order valence-corrected chi connectivity index (χ3v) is 3.07. The molecule has 0 bridgehead atoms. The van der Waals surface area contributed by atoms with E-state index in [0.29, 0.717) is 17.7 Å². The number of nitrogens with two attached hydrogens (primary N) is 1. The zero-order valence-corrected chi connectivity index (χ0v) is 11.7. The highest BCUT2D eigenvalue weighted by Crippen LogP contribution is 2.05. The van der Waals surface area contributed by atoms with E-state index in [-0.39, 0.29) is 10.9 Å². The highest BCUT2D eigenvalue weighted by molar-refractivity contribution is 7.80. The predicted octanol–water partition coefficient (Wildman–Crippen LogP) is 1.69. The van der Waals surface area contributed by atoms with Gasteiger partial charge >= 0.3 is 0 Å². The van der Waals surface area contributed by atoms with Crippen LogP contribution in [-0.2, 0) is 6.42 Å². The normalized spacial score (nSPS) is 10.0. The van der Waals surface area contributed by atoms with Crippen LogP contribution in [0.15, 0.2) is 48.8 Å². The van der Waals surface area contributed by atoms with Gasteiger partial charge in [-0.3, -0.25) is 9.78 Å². The Bertz CT molecular complexity index is 614. The summed E-state index contributed by atoms with van der Waals surface area (Å²) in [5, 5.41) is 2.86. The summed E-state index contributed by atoms with van der Waals surface area (Å²) in [7, 11) is 0. The second-order valence-electron chi connectivity index (χ2n) is 4.31. The molecule has 1 aromatic heterocycles. The number of amides is 1. The number of carbonyl (C=O) groups excluding carboxylic acids is 1. The van der Waals surface area contributed by atoms with Gasteiger partial charge in [0.15, 0.2) is 0 Å². The molecule has 0 aliphatic carbocycles. The summed E-state index contributed by atoms with van der Waals surface area (Å²) in [6.07, 6.45) is 4.26. The average Bonchev–Trinajstić information content (AvgIpc) is 2.48. The largest absolute Gasteiger partial charge is 0.389 e. The summed E-state index contributed by atoms with van der Waals surface area (Å²) >= 11 is 4.90. The van der Waals surface area contributed by atoms with E-state index in [0.717, 1.165) is 12.0 Å². The summed E-state index contributed by atoms with van der Waals surface area (Å²) in [5.41, 5.74) is 7.89. The van der Waals surface area contributed by atoms with E-state index in [1.807, 2.05) is 12.1 Å². The van der Waals surface area contributed by atoms with Crippen LogP contribution in [0.25, 0.3) is 0 Å². The van der Waals surface area contributed by atoms with Gasteiger partial charge in [0.05, 0.1) is 0 Å². The first-order valence-electron chi connectivity index (χ1n) is 6.24. The van der Waals surface area contributed by atoms with Gasteiger partial charge in [0.1, 0.15) is 4.99 Å². The van der Waals surface area contributed by atoms with Gasteiger partial charge in [0.2, 0.25) is 0 Å². The Balaban J connectivity index is 1.92. The summed E-state index contributed by atoms with van der Waals surface area (Å²) in [5.74, 6) is -0.132. The topological polar surface area (TPSA) is 68.0 Å². The molecule has 1 aromatic carbocycles. The monoisotopic (exact) mass is 285 g/mol. The fourth-order valence-corrected chi connectivity index (χ4v) is 1.91. The van der Waals surface area contributed by atoms with Gasteiger partial charge in [-0.2, -0.15) is 0 Å². The number of carbonyl (C=O) groups is 1. The molecular weight excluding hydrogens is 270 g/mol. The molecule has 1 heterocycles. The molecule has 0 aliphatic heterocycles. The minimum Gasteiger partial charge on any atom is -0.389 e. The minimum absolute atomic E-state index is 0.132. The Labute approximate surface area is 123 Å². The average molecular weight is 285 g/mol. The molecule has 5 heteroatoms. The number of pyridine rings is 1. The van der Waals surface area contributed by atoms with Crippen molar-refractivity contribution in [3.05, 3.63) is 65.5 Å². The predicted molar refractivity (Wildman–Crippen MR) is 82.6 cm³/mol. The van der Waals surface area contributed by atoms with Crippen LogP contribution < -0.4 is 11.1 Å². The number of rotatable bonds is 5. The fraction of sp³-hybridized carbons (Fsp3) is 0.133. The number of nitrogens with zero attached hydrogens (tertiary/aromatic N) is 1. The van der Waals surface area contributed by atoms with E-state index >= 15 is 0 Å². The lowest BCUT2D eigenvalue weighted by Crippen LogP contribution is -2.26. The first-order valence-corrected chi connectivity index (χ1v) is 6.64. The number of hydrogen-bond donors (Lipinski definition) is 2. The smallest absolute Gasteiger partial charge is 0.251 e. The van der Waals surface area contributed by atoms with E-state index in [9.17, 15) is 4.79 Å². The van der Waals surface area contributed by atoms with Crippen LogP contribution in [0.1, 0.15) is 21.5 Å². The van der Waals surface area contributed by atoms with Crippen LogP contribution in [0, 0.1) is 0 Å². The molecule has 2 rings (SSSR count). The second-order valence-corrected chi connectivity index (χ2v) is 4.75. The maximum Gasteiger partial charge on any atom is 0.251 e. The maximum atomic E-state index is 12.0. The minimum atomic E-state index is -0.132. The lowest BCUT2D eigenvalue weighted by Gasteiger charge is -2.06. The standard InChI is InChI=1S/C15H15N3OS/c16-14(20)12-4-1-5-13(9-12)15(19)18-8-6-11-3-2-7-17-10-11/h1-5,7,9-10H,6,8H2,(H2,16,20)(H,18,19). The number of benzene rings is 1. The molecule has 0 saturated heterocycles. The highest BCUT2D eigenvalue weighted by Gasteiger charge is 2.06. The molecule has 20 heavy (non-hydrogen) atoms. The first kappa shape index (κ1) is 14.1. The molecule has 0 unspecified atom stereocenters. The number of thiocarbonyl (C=S) groups is 1. The Hall–Kier alpha value is -2.27. The van der Waals surface area contributed by atoms with Crippen molar-refractivity contribution in [2.24, 2.45) is 5.73 Å². The highest BCUT2D eigenvalue weighted by atomic mass is 32.1. The zero-order valence-electron chi connectivity index (χ0n) is 10.9. The molecule has 0 spiro atoms. The van der Waals surface area contributed by atoms with Crippen molar-refractivity contribution < 1.29 is 4.79 Å². The van der Waals surface area contributed by atoms with Crippen LogP contribution in [0.5, 0.6) is 0 Å². The zero-order chi connectivity index (χ0) is 14.4. The van der Waals surface area contributed by atoms with Crippen molar-refractivity contribution >= 4 is 23.1 Å². The third-order valence-electron chi connectivity index (χ3n) is 2.83. The molecule has 2 aromatic rings. The number of nitrogens with one attached hydrogen (secondary N) is 1. The molecule has 0 atom stereocenters. The van der Waals surface area contributed by atoms with Crippen molar-refractivity contribution in [3.8, 4) is 0 Å². The second kappa shape index (κ2) is 6.77. The van der Waals surface area contributed by atoms with Crippen molar-refractivity contribution in [1.82, 2.24) is 10.3 Å². The Morgan fingerprint density at radius 3 is 2.75 bits per heavy atom. The van der Waals surface area contributed by atoms with Crippen molar-refractivity contribution in [3.63, 3.8) is 0 Å². The summed E-state index contributed by atoms with van der Waals surface area (Å²) < 4.78 is 0. The quantitative estimate of drug-likeness (QED) is 0.820. The lowest BCUT2D eigenvalue weighted by molar-refractivity contribution is 0.0954. The maximum absolute atomic E-state index is 12.0. The fourth-order valence-electron chi connectivity index (χ4n) is 1.78. The Kier molecular flexibility index (Phi) is 4.79. The summed E-state index contributed by atoms with van der Waals surface area (Å²) in [6.45, 7) is 0.557. The Morgan fingerprint density at radius 1 is 1.25 bits per heavy atom. The van der Waals surface area contributed by atoms with Gasteiger partial charge in [-0.15, -0.1) is 0 Å².